The van der Waals surface area contributed by atoms with Crippen molar-refractivity contribution >= 4 is 11.8 Å². The number of hydrogen-bond acceptors (Lipinski definition) is 2. The first kappa shape index (κ1) is 11.9. The summed E-state index contributed by atoms with van der Waals surface area (Å²) in [6.45, 7) is 8.13. The Hall–Kier alpha value is -1.12. The average Bonchev–Trinajstić information content (AvgIpc) is 2.36. The summed E-state index contributed by atoms with van der Waals surface area (Å²) in [6, 6.07) is 0. The second kappa shape index (κ2) is 5.51. The summed E-state index contributed by atoms with van der Waals surface area (Å²) in [5.41, 5.74) is 0.545. The molecule has 3 heteroatoms. The van der Waals surface area contributed by atoms with E-state index < -0.39 is 0 Å². The van der Waals surface area contributed by atoms with E-state index >= 15 is 0 Å². The molecule has 1 aliphatic heterocycles. The van der Waals surface area contributed by atoms with E-state index in [0.29, 0.717) is 12.1 Å². The minimum absolute atomic E-state index is 0.142. The molecule has 1 aliphatic rings. The second-order valence-electron chi connectivity index (χ2n) is 2.62. The van der Waals surface area contributed by atoms with E-state index in [0.717, 1.165) is 6.42 Å². The highest BCUT2D eigenvalue weighted by atomic mass is 16.2. The zero-order valence-corrected chi connectivity index (χ0v) is 8.76. The molecule has 74 valence electrons. The summed E-state index contributed by atoms with van der Waals surface area (Å²) in [4.78, 5) is 23.4. The van der Waals surface area contributed by atoms with Crippen LogP contribution in [0, 0.1) is 0 Å². The van der Waals surface area contributed by atoms with Crippen LogP contribution in [0.1, 0.15) is 34.1 Å². The fourth-order valence-electron chi connectivity index (χ4n) is 1.07. The van der Waals surface area contributed by atoms with Gasteiger partial charge in [-0.05, 0) is 13.3 Å². The molecule has 0 bridgehead atoms. The number of amides is 2. The standard InChI is InChI=1S/C8H11NO2.C2H6/c1-3-4-9-7(10)5-6(2)8(9)11;1-2/h5H,3-4H2,1-2H3;1-2H3. The second-order valence-corrected chi connectivity index (χ2v) is 2.62. The number of rotatable bonds is 2. The summed E-state index contributed by atoms with van der Waals surface area (Å²) in [7, 11) is 0. The third kappa shape index (κ3) is 2.68. The first-order valence-electron chi connectivity index (χ1n) is 4.71. The zero-order chi connectivity index (χ0) is 10.4. The maximum absolute atomic E-state index is 11.1. The van der Waals surface area contributed by atoms with Crippen molar-refractivity contribution < 1.29 is 9.59 Å². The van der Waals surface area contributed by atoms with E-state index in [2.05, 4.69) is 0 Å². The van der Waals surface area contributed by atoms with Gasteiger partial charge in [-0.3, -0.25) is 14.5 Å². The Kier molecular flexibility index (Phi) is 5.04. The molecule has 2 amide bonds. The first-order chi connectivity index (χ1) is 6.16. The molecule has 0 aromatic heterocycles. The minimum Gasteiger partial charge on any atom is -0.275 e. The normalized spacial score (nSPS) is 15.4. The Morgan fingerprint density at radius 2 is 1.85 bits per heavy atom. The highest BCUT2D eigenvalue weighted by Gasteiger charge is 2.26. The van der Waals surface area contributed by atoms with Crippen LogP contribution in [-0.4, -0.2) is 23.3 Å². The lowest BCUT2D eigenvalue weighted by molar-refractivity contribution is -0.137. The van der Waals surface area contributed by atoms with Crippen molar-refractivity contribution in [2.24, 2.45) is 0 Å². The van der Waals surface area contributed by atoms with Gasteiger partial charge in [-0.2, -0.15) is 0 Å². The summed E-state index contributed by atoms with van der Waals surface area (Å²) >= 11 is 0. The van der Waals surface area contributed by atoms with Crippen LogP contribution < -0.4 is 0 Å². The van der Waals surface area contributed by atoms with Crippen LogP contribution >= 0.6 is 0 Å². The van der Waals surface area contributed by atoms with Crippen LogP contribution in [0.2, 0.25) is 0 Å². The van der Waals surface area contributed by atoms with Crippen LogP contribution in [0.15, 0.2) is 11.6 Å². The Morgan fingerprint density at radius 1 is 1.31 bits per heavy atom. The Bertz CT molecular complexity index is 231. The number of imide groups is 1. The summed E-state index contributed by atoms with van der Waals surface area (Å²) in [6.07, 6.45) is 2.20. The van der Waals surface area contributed by atoms with Crippen LogP contribution in [0.5, 0.6) is 0 Å². The highest BCUT2D eigenvalue weighted by molar-refractivity contribution is 6.15. The number of carbonyl (C=O) groups is 2. The average molecular weight is 183 g/mol. The maximum atomic E-state index is 11.1. The monoisotopic (exact) mass is 183 g/mol. The molecule has 0 atom stereocenters. The molecular weight excluding hydrogens is 166 g/mol. The van der Waals surface area contributed by atoms with Gasteiger partial charge < -0.3 is 0 Å². The molecule has 1 heterocycles. The summed E-state index contributed by atoms with van der Waals surface area (Å²) in [5.74, 6) is -0.314. The Balaban J connectivity index is 0.000000671. The van der Waals surface area contributed by atoms with E-state index in [4.69, 9.17) is 0 Å². The van der Waals surface area contributed by atoms with Gasteiger partial charge in [-0.25, -0.2) is 0 Å². The predicted molar refractivity (Wildman–Crippen MR) is 52.1 cm³/mol. The fourth-order valence-corrected chi connectivity index (χ4v) is 1.07. The third-order valence-electron chi connectivity index (χ3n) is 1.64. The van der Waals surface area contributed by atoms with Crippen LogP contribution in [-0.2, 0) is 9.59 Å². The zero-order valence-electron chi connectivity index (χ0n) is 8.76. The molecule has 0 radical (unpaired) electrons. The van der Waals surface area contributed by atoms with Gasteiger partial charge in [0.25, 0.3) is 11.8 Å². The molecule has 0 fully saturated rings. The van der Waals surface area contributed by atoms with Gasteiger partial charge >= 0.3 is 0 Å². The van der Waals surface area contributed by atoms with Crippen molar-refractivity contribution in [3.8, 4) is 0 Å². The van der Waals surface area contributed by atoms with Crippen molar-refractivity contribution in [3.63, 3.8) is 0 Å². The van der Waals surface area contributed by atoms with Crippen molar-refractivity contribution in [2.75, 3.05) is 6.54 Å². The van der Waals surface area contributed by atoms with Crippen molar-refractivity contribution in [2.45, 2.75) is 34.1 Å². The van der Waals surface area contributed by atoms with E-state index in [-0.39, 0.29) is 11.8 Å². The molecule has 0 aromatic carbocycles. The van der Waals surface area contributed by atoms with Crippen molar-refractivity contribution in [3.05, 3.63) is 11.6 Å². The Morgan fingerprint density at radius 3 is 2.15 bits per heavy atom. The first-order valence-corrected chi connectivity index (χ1v) is 4.71. The summed E-state index contributed by atoms with van der Waals surface area (Å²) < 4.78 is 0. The van der Waals surface area contributed by atoms with E-state index in [1.807, 2.05) is 20.8 Å². The van der Waals surface area contributed by atoms with Gasteiger partial charge in [0, 0.05) is 18.2 Å². The van der Waals surface area contributed by atoms with E-state index in [9.17, 15) is 9.59 Å². The lowest BCUT2D eigenvalue weighted by atomic mass is 10.3. The van der Waals surface area contributed by atoms with Crippen molar-refractivity contribution in [1.82, 2.24) is 4.90 Å². The molecule has 0 aromatic rings. The maximum Gasteiger partial charge on any atom is 0.256 e. The summed E-state index contributed by atoms with van der Waals surface area (Å²) in [5, 5.41) is 0. The van der Waals surface area contributed by atoms with Gasteiger partial charge in [-0.15, -0.1) is 0 Å². The lowest BCUT2D eigenvalue weighted by Crippen LogP contribution is -2.31. The molecule has 0 N–H and O–H groups in total. The molecule has 3 nitrogen and oxygen atoms in total. The molecule has 1 rings (SSSR count). The topological polar surface area (TPSA) is 37.4 Å². The van der Waals surface area contributed by atoms with Crippen molar-refractivity contribution in [1.29, 1.82) is 0 Å². The lowest BCUT2D eigenvalue weighted by Gasteiger charge is -2.11. The van der Waals surface area contributed by atoms with Gasteiger partial charge in [0.2, 0.25) is 0 Å². The molecular formula is C10H17NO2. The van der Waals surface area contributed by atoms with Gasteiger partial charge in [0.15, 0.2) is 0 Å². The highest BCUT2D eigenvalue weighted by Crippen LogP contribution is 2.11. The quantitative estimate of drug-likeness (QED) is 0.611. The van der Waals surface area contributed by atoms with Gasteiger partial charge in [0.1, 0.15) is 0 Å². The number of carbonyl (C=O) groups excluding carboxylic acids is 2. The fraction of sp³-hybridized carbons (Fsp3) is 0.600. The van der Waals surface area contributed by atoms with Crippen LogP contribution in [0.3, 0.4) is 0 Å². The van der Waals surface area contributed by atoms with Crippen LogP contribution in [0.25, 0.3) is 0 Å². The predicted octanol–water partition coefficient (Wildman–Crippen LogP) is 1.74. The minimum atomic E-state index is -0.172. The molecule has 0 aliphatic carbocycles. The largest absolute Gasteiger partial charge is 0.275 e. The Labute approximate surface area is 79.4 Å². The SMILES string of the molecule is CC.CCCN1C(=O)C=C(C)C1=O. The smallest absolute Gasteiger partial charge is 0.256 e. The molecule has 13 heavy (non-hydrogen) atoms. The molecule has 0 unspecified atom stereocenters. The van der Waals surface area contributed by atoms with Gasteiger partial charge in [-0.1, -0.05) is 20.8 Å². The van der Waals surface area contributed by atoms with Gasteiger partial charge in [0.05, 0.1) is 0 Å². The van der Waals surface area contributed by atoms with E-state index in [1.165, 1.54) is 11.0 Å². The molecule has 0 saturated carbocycles. The van der Waals surface area contributed by atoms with E-state index in [1.54, 1.807) is 6.92 Å². The number of nitrogens with zero attached hydrogens (tertiary/aromatic N) is 1. The van der Waals surface area contributed by atoms with Crippen LogP contribution in [0.4, 0.5) is 0 Å². The third-order valence-corrected chi connectivity index (χ3v) is 1.64. The molecule has 0 saturated heterocycles. The molecule has 0 spiro atoms. The number of hydrogen-bond donors (Lipinski definition) is 0.